The van der Waals surface area contributed by atoms with Crippen molar-refractivity contribution in [3.8, 4) is 5.75 Å². The minimum absolute atomic E-state index is 0.0285. The molecular weight excluding hydrogens is 378 g/mol. The van der Waals surface area contributed by atoms with Crippen LogP contribution in [0.25, 0.3) is 0 Å². The number of carbonyl (C=O) groups excluding carboxylic acids is 2. The summed E-state index contributed by atoms with van der Waals surface area (Å²) in [5.41, 5.74) is 2.79. The topological polar surface area (TPSA) is 61.9 Å². The van der Waals surface area contributed by atoms with Gasteiger partial charge < -0.3 is 15.0 Å². The van der Waals surface area contributed by atoms with Crippen LogP contribution in [0.15, 0.2) is 48.5 Å². The highest BCUT2D eigenvalue weighted by Gasteiger charge is 2.35. The first-order valence-corrected chi connectivity index (χ1v) is 10.7. The normalized spacial score (nSPS) is 19.7. The predicted octanol–water partition coefficient (Wildman–Crippen LogP) is 3.67. The molecule has 30 heavy (non-hydrogen) atoms. The van der Waals surface area contributed by atoms with Gasteiger partial charge in [0.15, 0.2) is 0 Å². The largest absolute Gasteiger partial charge is 0.497 e. The molecule has 2 heterocycles. The number of piperidine rings is 1. The highest BCUT2D eigenvalue weighted by Crippen LogP contribution is 2.28. The van der Waals surface area contributed by atoms with E-state index in [9.17, 15) is 9.59 Å². The van der Waals surface area contributed by atoms with Gasteiger partial charge in [-0.2, -0.15) is 0 Å². The third kappa shape index (κ3) is 4.82. The third-order valence-corrected chi connectivity index (χ3v) is 5.93. The van der Waals surface area contributed by atoms with Gasteiger partial charge in [-0.25, -0.2) is 0 Å². The van der Waals surface area contributed by atoms with E-state index in [1.165, 1.54) is 24.8 Å². The smallest absolute Gasteiger partial charge is 0.229 e. The van der Waals surface area contributed by atoms with E-state index < -0.39 is 0 Å². The Balaban J connectivity index is 1.36. The number of benzene rings is 2. The van der Waals surface area contributed by atoms with Crippen LogP contribution in [-0.4, -0.2) is 43.5 Å². The Bertz CT molecular complexity index is 891. The van der Waals surface area contributed by atoms with Crippen molar-refractivity contribution in [1.29, 1.82) is 0 Å². The molecule has 0 bridgehead atoms. The third-order valence-electron chi connectivity index (χ3n) is 5.93. The van der Waals surface area contributed by atoms with E-state index in [0.29, 0.717) is 6.54 Å². The van der Waals surface area contributed by atoms with Crippen molar-refractivity contribution in [3.63, 3.8) is 0 Å². The second-order valence-corrected chi connectivity index (χ2v) is 8.13. The summed E-state index contributed by atoms with van der Waals surface area (Å²) in [7, 11) is 1.61. The lowest BCUT2D eigenvalue weighted by molar-refractivity contribution is -0.122. The van der Waals surface area contributed by atoms with Crippen LogP contribution in [0.2, 0.25) is 0 Å². The van der Waals surface area contributed by atoms with Gasteiger partial charge in [-0.05, 0) is 67.9 Å². The van der Waals surface area contributed by atoms with Crippen LogP contribution in [0.4, 0.5) is 11.4 Å². The van der Waals surface area contributed by atoms with Gasteiger partial charge in [0.1, 0.15) is 5.75 Å². The molecule has 1 unspecified atom stereocenters. The molecule has 0 saturated carbocycles. The molecule has 0 aliphatic carbocycles. The summed E-state index contributed by atoms with van der Waals surface area (Å²) < 4.78 is 5.17. The number of hydrogen-bond acceptors (Lipinski definition) is 4. The molecule has 2 aliphatic heterocycles. The van der Waals surface area contributed by atoms with E-state index in [1.807, 2.05) is 42.5 Å². The molecule has 158 valence electrons. The van der Waals surface area contributed by atoms with E-state index >= 15 is 0 Å². The molecule has 2 amide bonds. The molecule has 1 atom stereocenters. The Morgan fingerprint density at radius 1 is 1.10 bits per heavy atom. The van der Waals surface area contributed by atoms with Crippen molar-refractivity contribution >= 4 is 23.2 Å². The van der Waals surface area contributed by atoms with Gasteiger partial charge >= 0.3 is 0 Å². The van der Waals surface area contributed by atoms with E-state index in [1.54, 1.807) is 12.0 Å². The maximum Gasteiger partial charge on any atom is 0.229 e. The van der Waals surface area contributed by atoms with Gasteiger partial charge in [-0.1, -0.05) is 18.6 Å². The van der Waals surface area contributed by atoms with Gasteiger partial charge in [0.05, 0.1) is 13.0 Å². The number of carbonyl (C=O) groups is 2. The summed E-state index contributed by atoms with van der Waals surface area (Å²) in [4.78, 5) is 29.4. The number of rotatable bonds is 6. The first kappa shape index (κ1) is 20.4. The summed E-state index contributed by atoms with van der Waals surface area (Å²) in [5.74, 6) is 0.253. The van der Waals surface area contributed by atoms with Crippen LogP contribution in [0.5, 0.6) is 5.75 Å². The Kier molecular flexibility index (Phi) is 6.33. The molecule has 0 radical (unpaired) electrons. The molecule has 1 N–H and O–H groups in total. The molecule has 2 fully saturated rings. The van der Waals surface area contributed by atoms with E-state index in [4.69, 9.17) is 4.74 Å². The predicted molar refractivity (Wildman–Crippen MR) is 118 cm³/mol. The zero-order valence-electron chi connectivity index (χ0n) is 17.5. The fourth-order valence-electron chi connectivity index (χ4n) is 4.26. The molecule has 0 spiro atoms. The lowest BCUT2D eigenvalue weighted by Gasteiger charge is -2.26. The van der Waals surface area contributed by atoms with Crippen LogP contribution in [0.1, 0.15) is 31.2 Å². The molecule has 2 saturated heterocycles. The summed E-state index contributed by atoms with van der Waals surface area (Å²) in [6.45, 7) is 3.59. The first-order valence-electron chi connectivity index (χ1n) is 10.7. The SMILES string of the molecule is COc1ccc(N2CC(C(=O)Nc3cccc(CN4CCCCC4)c3)CC2=O)cc1. The second-order valence-electron chi connectivity index (χ2n) is 8.13. The van der Waals surface area contributed by atoms with Crippen molar-refractivity contribution in [2.45, 2.75) is 32.2 Å². The van der Waals surface area contributed by atoms with E-state index in [0.717, 1.165) is 36.8 Å². The Hall–Kier alpha value is -2.86. The van der Waals surface area contributed by atoms with Gasteiger partial charge in [0.25, 0.3) is 0 Å². The number of nitrogens with zero attached hydrogens (tertiary/aromatic N) is 2. The number of nitrogens with one attached hydrogen (secondary N) is 1. The Morgan fingerprint density at radius 2 is 1.87 bits per heavy atom. The maximum absolute atomic E-state index is 12.8. The van der Waals surface area contributed by atoms with Gasteiger partial charge in [-0.15, -0.1) is 0 Å². The molecule has 2 aromatic carbocycles. The monoisotopic (exact) mass is 407 g/mol. The van der Waals surface area contributed by atoms with Gasteiger partial charge in [0, 0.05) is 30.9 Å². The number of hydrogen-bond donors (Lipinski definition) is 1. The Morgan fingerprint density at radius 3 is 2.60 bits per heavy atom. The van der Waals surface area contributed by atoms with Crippen LogP contribution >= 0.6 is 0 Å². The molecule has 6 nitrogen and oxygen atoms in total. The average molecular weight is 408 g/mol. The highest BCUT2D eigenvalue weighted by atomic mass is 16.5. The zero-order valence-corrected chi connectivity index (χ0v) is 17.5. The van der Waals surface area contributed by atoms with E-state index in [2.05, 4.69) is 16.3 Å². The molecule has 4 rings (SSSR count). The Labute approximate surface area is 177 Å². The van der Waals surface area contributed by atoms with Crippen molar-refractivity contribution in [2.24, 2.45) is 5.92 Å². The van der Waals surface area contributed by atoms with Gasteiger partial charge in [0.2, 0.25) is 11.8 Å². The summed E-state index contributed by atoms with van der Waals surface area (Å²) in [6.07, 6.45) is 4.07. The quantitative estimate of drug-likeness (QED) is 0.794. The lowest BCUT2D eigenvalue weighted by atomic mass is 10.1. The van der Waals surface area contributed by atoms with Crippen molar-refractivity contribution in [2.75, 3.05) is 37.0 Å². The fraction of sp³-hybridized carbons (Fsp3) is 0.417. The molecule has 2 aromatic rings. The summed E-state index contributed by atoms with van der Waals surface area (Å²) in [5, 5.41) is 3.02. The van der Waals surface area contributed by atoms with Crippen molar-refractivity contribution in [1.82, 2.24) is 4.90 Å². The first-order chi connectivity index (χ1) is 14.6. The zero-order chi connectivity index (χ0) is 20.9. The summed E-state index contributed by atoms with van der Waals surface area (Å²) >= 11 is 0. The summed E-state index contributed by atoms with van der Waals surface area (Å²) in [6, 6.07) is 15.4. The second kappa shape index (κ2) is 9.30. The van der Waals surface area contributed by atoms with Crippen molar-refractivity contribution < 1.29 is 14.3 Å². The maximum atomic E-state index is 12.8. The number of amides is 2. The molecule has 2 aliphatic rings. The standard InChI is InChI=1S/C24H29N3O3/c1-30-22-10-8-21(9-11-22)27-17-19(15-23(27)28)24(29)25-20-7-5-6-18(14-20)16-26-12-3-2-4-13-26/h5-11,14,19H,2-4,12-13,15-17H2,1H3,(H,25,29). The van der Waals surface area contributed by atoms with E-state index in [-0.39, 0.29) is 24.2 Å². The van der Waals surface area contributed by atoms with Gasteiger partial charge in [-0.3, -0.25) is 14.5 Å². The van der Waals surface area contributed by atoms with Crippen LogP contribution in [0, 0.1) is 5.92 Å². The highest BCUT2D eigenvalue weighted by molar-refractivity contribution is 6.03. The molecular formula is C24H29N3O3. The molecule has 6 heteroatoms. The van der Waals surface area contributed by atoms with Crippen LogP contribution in [0.3, 0.4) is 0 Å². The molecule has 0 aromatic heterocycles. The van der Waals surface area contributed by atoms with Crippen LogP contribution in [-0.2, 0) is 16.1 Å². The lowest BCUT2D eigenvalue weighted by Crippen LogP contribution is -2.29. The minimum atomic E-state index is -0.356. The minimum Gasteiger partial charge on any atom is -0.497 e. The van der Waals surface area contributed by atoms with Crippen molar-refractivity contribution in [3.05, 3.63) is 54.1 Å². The number of methoxy groups -OCH3 is 1. The average Bonchev–Trinajstić information content (AvgIpc) is 3.16. The number of ether oxygens (including phenoxy) is 1. The fourth-order valence-corrected chi connectivity index (χ4v) is 4.26. The number of likely N-dealkylation sites (tertiary alicyclic amines) is 1. The number of anilines is 2. The van der Waals surface area contributed by atoms with Crippen LogP contribution < -0.4 is 15.0 Å².